The lowest BCUT2D eigenvalue weighted by Gasteiger charge is -2.63. The standard InChI is InChI=1S/C20H25NO4/c22-13-4-3-12-9-15-20(24)6-5-14(23)18-19(20,16(12)17(13)25-18)7-8-21(15)10-11-1-2-11/h3-4,11,14-15,18,22-24H,1-2,5-10H2/t14?,15-,18+,19+,20-/m0/s1. The van der Waals surface area contributed by atoms with Gasteiger partial charge < -0.3 is 20.1 Å². The zero-order valence-electron chi connectivity index (χ0n) is 14.3. The maximum atomic E-state index is 12.0. The number of ether oxygens (including phenoxy) is 1. The topological polar surface area (TPSA) is 73.2 Å². The van der Waals surface area contributed by atoms with Crippen molar-refractivity contribution in [3.63, 3.8) is 0 Å². The molecule has 1 aromatic carbocycles. The van der Waals surface area contributed by atoms with E-state index in [1.807, 2.05) is 6.07 Å². The highest BCUT2D eigenvalue weighted by Crippen LogP contribution is 2.65. The summed E-state index contributed by atoms with van der Waals surface area (Å²) in [6, 6.07) is 3.79. The Labute approximate surface area is 147 Å². The molecule has 2 heterocycles. The number of aliphatic hydroxyl groups is 2. The van der Waals surface area contributed by atoms with Crippen LogP contribution in [0.5, 0.6) is 11.5 Å². The molecule has 2 aliphatic heterocycles. The van der Waals surface area contributed by atoms with Crippen molar-refractivity contribution in [1.29, 1.82) is 0 Å². The van der Waals surface area contributed by atoms with Crippen molar-refractivity contribution in [2.24, 2.45) is 5.92 Å². The number of hydrogen-bond acceptors (Lipinski definition) is 5. The first kappa shape index (κ1) is 14.8. The quantitative estimate of drug-likeness (QED) is 0.755. The lowest BCUT2D eigenvalue weighted by molar-refractivity contribution is -0.208. The fourth-order valence-corrected chi connectivity index (χ4v) is 6.46. The minimum Gasteiger partial charge on any atom is -0.504 e. The summed E-state index contributed by atoms with van der Waals surface area (Å²) in [5, 5.41) is 33.1. The second kappa shape index (κ2) is 4.51. The van der Waals surface area contributed by atoms with Gasteiger partial charge in [-0.15, -0.1) is 0 Å². The monoisotopic (exact) mass is 343 g/mol. The van der Waals surface area contributed by atoms with Gasteiger partial charge in [0.1, 0.15) is 6.10 Å². The first-order valence-electron chi connectivity index (χ1n) is 9.71. The third-order valence-electron chi connectivity index (χ3n) is 7.73. The maximum Gasteiger partial charge on any atom is 0.165 e. The summed E-state index contributed by atoms with van der Waals surface area (Å²) in [6.45, 7) is 2.02. The Morgan fingerprint density at radius 3 is 2.84 bits per heavy atom. The average Bonchev–Trinajstić information content (AvgIpc) is 3.32. The maximum absolute atomic E-state index is 12.0. The Balaban J connectivity index is 1.57. The van der Waals surface area contributed by atoms with Crippen LogP contribution in [0.25, 0.3) is 0 Å². The zero-order chi connectivity index (χ0) is 17.0. The molecule has 134 valence electrons. The molecule has 6 rings (SSSR count). The molecular formula is C20H25NO4. The van der Waals surface area contributed by atoms with Crippen molar-refractivity contribution in [2.45, 2.75) is 67.8 Å². The van der Waals surface area contributed by atoms with Crippen LogP contribution < -0.4 is 4.74 Å². The molecule has 3 aliphatic carbocycles. The summed E-state index contributed by atoms with van der Waals surface area (Å²) in [6.07, 6.45) is 4.35. The fourth-order valence-electron chi connectivity index (χ4n) is 6.46. The van der Waals surface area contributed by atoms with E-state index >= 15 is 0 Å². The average molecular weight is 343 g/mol. The predicted octanol–water partition coefficient (Wildman–Crippen LogP) is 1.32. The molecule has 25 heavy (non-hydrogen) atoms. The summed E-state index contributed by atoms with van der Waals surface area (Å²) in [5.41, 5.74) is 0.716. The second-order valence-electron chi connectivity index (χ2n) is 8.90. The summed E-state index contributed by atoms with van der Waals surface area (Å²) in [7, 11) is 0. The minimum absolute atomic E-state index is 0.0865. The number of likely N-dealkylation sites (tertiary alicyclic amines) is 1. The van der Waals surface area contributed by atoms with E-state index in [4.69, 9.17) is 4.74 Å². The Kier molecular flexibility index (Phi) is 2.67. The predicted molar refractivity (Wildman–Crippen MR) is 90.8 cm³/mol. The number of phenolic OH excluding ortho intramolecular Hbond substituents is 1. The van der Waals surface area contributed by atoms with E-state index < -0.39 is 23.2 Å². The lowest BCUT2D eigenvalue weighted by Crippen LogP contribution is -2.77. The largest absolute Gasteiger partial charge is 0.504 e. The molecule has 5 atom stereocenters. The van der Waals surface area contributed by atoms with Crippen molar-refractivity contribution < 1.29 is 20.1 Å². The van der Waals surface area contributed by atoms with Gasteiger partial charge in [0.05, 0.1) is 17.1 Å². The Morgan fingerprint density at radius 2 is 2.04 bits per heavy atom. The van der Waals surface area contributed by atoms with Gasteiger partial charge in [0.2, 0.25) is 0 Å². The molecule has 2 bridgehead atoms. The van der Waals surface area contributed by atoms with E-state index in [2.05, 4.69) is 4.90 Å². The van der Waals surface area contributed by atoms with Gasteiger partial charge in [0, 0.05) is 18.2 Å². The van der Waals surface area contributed by atoms with Crippen LogP contribution in [0.3, 0.4) is 0 Å². The van der Waals surface area contributed by atoms with Crippen molar-refractivity contribution >= 4 is 0 Å². The van der Waals surface area contributed by atoms with Crippen LogP contribution in [-0.2, 0) is 11.8 Å². The third-order valence-corrected chi connectivity index (χ3v) is 7.73. The van der Waals surface area contributed by atoms with E-state index in [9.17, 15) is 15.3 Å². The van der Waals surface area contributed by atoms with Crippen LogP contribution in [0.2, 0.25) is 0 Å². The smallest absolute Gasteiger partial charge is 0.165 e. The number of piperidine rings is 1. The molecule has 3 fully saturated rings. The molecule has 1 aromatic rings. The summed E-state index contributed by atoms with van der Waals surface area (Å²) >= 11 is 0. The molecule has 5 aliphatic rings. The van der Waals surface area contributed by atoms with Crippen LogP contribution in [0, 0.1) is 5.92 Å². The van der Waals surface area contributed by atoms with E-state index in [0.29, 0.717) is 18.6 Å². The number of aromatic hydroxyl groups is 1. The van der Waals surface area contributed by atoms with Crippen LogP contribution in [0.4, 0.5) is 0 Å². The molecule has 1 spiro atoms. The van der Waals surface area contributed by atoms with Gasteiger partial charge in [-0.1, -0.05) is 6.07 Å². The Bertz CT molecular complexity index is 762. The van der Waals surface area contributed by atoms with Gasteiger partial charge in [-0.25, -0.2) is 0 Å². The van der Waals surface area contributed by atoms with Gasteiger partial charge in [-0.05, 0) is 62.6 Å². The first-order chi connectivity index (χ1) is 12.0. The summed E-state index contributed by atoms with van der Waals surface area (Å²) < 4.78 is 6.14. The number of benzene rings is 1. The molecule has 5 nitrogen and oxygen atoms in total. The highest BCUT2D eigenvalue weighted by atomic mass is 16.5. The van der Waals surface area contributed by atoms with Gasteiger partial charge >= 0.3 is 0 Å². The molecule has 1 saturated heterocycles. The van der Waals surface area contributed by atoms with Crippen LogP contribution >= 0.6 is 0 Å². The SMILES string of the molecule is Oc1ccc2c3c1O[C@@H]1C(O)CC[C@]4(O)[C@H](C2)N(CC2CC2)CC[C@@]314. The van der Waals surface area contributed by atoms with Crippen LogP contribution in [0.1, 0.15) is 43.2 Å². The van der Waals surface area contributed by atoms with Crippen LogP contribution in [0.15, 0.2) is 12.1 Å². The van der Waals surface area contributed by atoms with Crippen molar-refractivity contribution in [3.8, 4) is 11.5 Å². The van der Waals surface area contributed by atoms with Crippen molar-refractivity contribution in [2.75, 3.05) is 13.1 Å². The Hall–Kier alpha value is -1.30. The summed E-state index contributed by atoms with van der Waals surface area (Å²) in [5.74, 6) is 1.44. The van der Waals surface area contributed by atoms with Gasteiger partial charge in [0.25, 0.3) is 0 Å². The fraction of sp³-hybridized carbons (Fsp3) is 0.700. The molecule has 2 saturated carbocycles. The summed E-state index contributed by atoms with van der Waals surface area (Å²) in [4.78, 5) is 2.51. The minimum atomic E-state index is -0.879. The molecule has 1 unspecified atom stereocenters. The highest BCUT2D eigenvalue weighted by Gasteiger charge is 2.72. The van der Waals surface area contributed by atoms with Crippen LogP contribution in [-0.4, -0.2) is 57.2 Å². The third kappa shape index (κ3) is 1.61. The van der Waals surface area contributed by atoms with Gasteiger partial charge in [0.15, 0.2) is 11.5 Å². The molecule has 0 aromatic heterocycles. The van der Waals surface area contributed by atoms with Gasteiger partial charge in [-0.2, -0.15) is 0 Å². The molecular weight excluding hydrogens is 318 g/mol. The number of phenols is 1. The molecule has 5 heteroatoms. The normalized spacial score (nSPS) is 44.3. The van der Waals surface area contributed by atoms with Crippen molar-refractivity contribution in [1.82, 2.24) is 4.90 Å². The number of rotatable bonds is 2. The Morgan fingerprint density at radius 1 is 1.20 bits per heavy atom. The highest BCUT2D eigenvalue weighted by molar-refractivity contribution is 5.62. The van der Waals surface area contributed by atoms with E-state index in [0.717, 1.165) is 37.4 Å². The lowest BCUT2D eigenvalue weighted by atomic mass is 9.48. The number of nitrogens with zero attached hydrogens (tertiary/aromatic N) is 1. The number of aliphatic hydroxyl groups excluding tert-OH is 1. The van der Waals surface area contributed by atoms with E-state index in [1.165, 1.54) is 18.4 Å². The van der Waals surface area contributed by atoms with Crippen molar-refractivity contribution in [3.05, 3.63) is 23.3 Å². The molecule has 0 amide bonds. The number of hydrogen-bond donors (Lipinski definition) is 3. The van der Waals surface area contributed by atoms with Gasteiger partial charge in [-0.3, -0.25) is 4.90 Å². The molecule has 3 N–H and O–H groups in total. The molecule has 0 radical (unpaired) electrons. The first-order valence-corrected chi connectivity index (χ1v) is 9.71. The van der Waals surface area contributed by atoms with E-state index in [1.54, 1.807) is 6.07 Å². The zero-order valence-corrected chi connectivity index (χ0v) is 14.3. The van der Waals surface area contributed by atoms with E-state index in [-0.39, 0.29) is 11.8 Å². The second-order valence-corrected chi connectivity index (χ2v) is 8.90.